The Morgan fingerprint density at radius 1 is 0.897 bits per heavy atom. The smallest absolute Gasteiger partial charge is 0.232 e. The van der Waals surface area contributed by atoms with Crippen molar-refractivity contribution < 1.29 is 0 Å². The first-order chi connectivity index (χ1) is 14.2. The minimum atomic E-state index is 0.492. The maximum absolute atomic E-state index is 5.58. The van der Waals surface area contributed by atoms with Gasteiger partial charge in [0.1, 0.15) is 11.6 Å². The monoisotopic (exact) mass is 416 g/mol. The first-order valence-corrected chi connectivity index (χ1v) is 12.0. The van der Waals surface area contributed by atoms with Gasteiger partial charge in [0.25, 0.3) is 0 Å². The molecule has 1 atom stereocenters. The molecule has 1 aromatic rings. The molecule has 0 radical (unpaired) electrons. The van der Waals surface area contributed by atoms with Gasteiger partial charge in [-0.25, -0.2) is 0 Å². The van der Waals surface area contributed by atoms with Gasteiger partial charge in [0.05, 0.1) is 0 Å². The fraction of sp³-hybridized carbons (Fsp3) is 0.773. The number of rotatable bonds is 4. The van der Waals surface area contributed by atoms with E-state index in [4.69, 9.17) is 22.2 Å². The highest BCUT2D eigenvalue weighted by atomic mass is 32.1. The number of nitrogens with one attached hydrogen (secondary N) is 2. The zero-order valence-corrected chi connectivity index (χ0v) is 18.6. The molecule has 2 N–H and O–H groups in total. The third-order valence-corrected chi connectivity index (χ3v) is 6.75. The molecule has 3 heterocycles. The summed E-state index contributed by atoms with van der Waals surface area (Å²) in [7, 11) is 0. The standard InChI is InChI=1S/C22H36N6S/c1-17-9-8-14-28(16-17)20-15-19(27-12-6-2-3-7-13-27)24-21(25-20)26-22(29)23-18-10-4-5-11-18/h15,17-18H,2-14,16H2,1H3,(H2,23,24,25,26,29). The highest BCUT2D eigenvalue weighted by Gasteiger charge is 2.22. The van der Waals surface area contributed by atoms with E-state index in [9.17, 15) is 0 Å². The van der Waals surface area contributed by atoms with Crippen molar-refractivity contribution in [1.82, 2.24) is 15.3 Å². The second-order valence-corrected chi connectivity index (χ2v) is 9.49. The van der Waals surface area contributed by atoms with Crippen molar-refractivity contribution in [3.8, 4) is 0 Å². The van der Waals surface area contributed by atoms with E-state index in [1.165, 1.54) is 64.2 Å². The van der Waals surface area contributed by atoms with Crippen molar-refractivity contribution in [2.45, 2.75) is 77.2 Å². The van der Waals surface area contributed by atoms with Crippen LogP contribution in [0.5, 0.6) is 0 Å². The van der Waals surface area contributed by atoms with Crippen LogP contribution in [0.3, 0.4) is 0 Å². The lowest BCUT2D eigenvalue weighted by atomic mass is 10.0. The van der Waals surface area contributed by atoms with E-state index in [-0.39, 0.29) is 0 Å². The number of anilines is 3. The first-order valence-electron chi connectivity index (χ1n) is 11.6. The van der Waals surface area contributed by atoms with Gasteiger partial charge in [-0.15, -0.1) is 0 Å². The quantitative estimate of drug-likeness (QED) is 0.709. The Labute approximate surface area is 180 Å². The lowest BCUT2D eigenvalue weighted by Crippen LogP contribution is -2.37. The molecule has 7 heteroatoms. The number of aromatic nitrogens is 2. The van der Waals surface area contributed by atoms with Crippen molar-refractivity contribution in [2.75, 3.05) is 41.3 Å². The van der Waals surface area contributed by atoms with Crippen molar-refractivity contribution >= 4 is 34.9 Å². The van der Waals surface area contributed by atoms with E-state index in [0.717, 1.165) is 37.8 Å². The normalized spacial score (nSPS) is 23.7. The Morgan fingerprint density at radius 3 is 2.24 bits per heavy atom. The van der Waals surface area contributed by atoms with Crippen LogP contribution in [-0.4, -0.2) is 47.3 Å². The van der Waals surface area contributed by atoms with E-state index in [1.54, 1.807) is 0 Å². The van der Waals surface area contributed by atoms with E-state index in [0.29, 0.717) is 23.0 Å². The van der Waals surface area contributed by atoms with Gasteiger partial charge in [-0.3, -0.25) is 0 Å². The molecular weight excluding hydrogens is 380 g/mol. The Kier molecular flexibility index (Phi) is 7.06. The fourth-order valence-electron chi connectivity index (χ4n) is 4.89. The Balaban J connectivity index is 1.54. The molecule has 4 rings (SSSR count). The molecule has 3 fully saturated rings. The summed E-state index contributed by atoms with van der Waals surface area (Å²) < 4.78 is 0. The summed E-state index contributed by atoms with van der Waals surface area (Å²) in [6, 6.07) is 2.69. The highest BCUT2D eigenvalue weighted by molar-refractivity contribution is 7.80. The van der Waals surface area contributed by atoms with Gasteiger partial charge in [-0.1, -0.05) is 32.6 Å². The first kappa shape index (κ1) is 20.6. The Bertz CT molecular complexity index is 662. The summed E-state index contributed by atoms with van der Waals surface area (Å²) in [5.41, 5.74) is 0. The van der Waals surface area contributed by atoms with Crippen LogP contribution >= 0.6 is 12.2 Å². The zero-order valence-electron chi connectivity index (χ0n) is 17.8. The average molecular weight is 417 g/mol. The third kappa shape index (κ3) is 5.71. The molecule has 0 amide bonds. The Hall–Kier alpha value is -1.63. The fourth-order valence-corrected chi connectivity index (χ4v) is 5.15. The lowest BCUT2D eigenvalue weighted by Gasteiger charge is -2.33. The van der Waals surface area contributed by atoms with Gasteiger partial charge in [0.15, 0.2) is 5.11 Å². The van der Waals surface area contributed by atoms with Crippen LogP contribution in [0, 0.1) is 5.92 Å². The number of hydrogen-bond acceptors (Lipinski definition) is 5. The second-order valence-electron chi connectivity index (χ2n) is 9.08. The van der Waals surface area contributed by atoms with Gasteiger partial charge in [0, 0.05) is 38.3 Å². The SMILES string of the molecule is CC1CCCN(c2cc(N3CCCCCC3)nc(NC(=S)NC3CCCC3)n2)C1. The molecule has 29 heavy (non-hydrogen) atoms. The summed E-state index contributed by atoms with van der Waals surface area (Å²) in [6.07, 6.45) is 12.6. The highest BCUT2D eigenvalue weighted by Crippen LogP contribution is 2.27. The Morgan fingerprint density at radius 2 is 1.55 bits per heavy atom. The number of nitrogens with zero attached hydrogens (tertiary/aromatic N) is 4. The second kappa shape index (κ2) is 9.92. The van der Waals surface area contributed by atoms with Crippen LogP contribution < -0.4 is 20.4 Å². The summed E-state index contributed by atoms with van der Waals surface area (Å²) in [4.78, 5) is 14.6. The molecule has 0 bridgehead atoms. The molecule has 2 saturated heterocycles. The van der Waals surface area contributed by atoms with E-state index in [1.807, 2.05) is 0 Å². The molecule has 1 aliphatic carbocycles. The number of thiocarbonyl (C=S) groups is 1. The van der Waals surface area contributed by atoms with Crippen molar-refractivity contribution in [2.24, 2.45) is 5.92 Å². The van der Waals surface area contributed by atoms with Crippen LogP contribution in [-0.2, 0) is 0 Å². The number of hydrogen-bond donors (Lipinski definition) is 2. The summed E-state index contributed by atoms with van der Waals surface area (Å²) in [5, 5.41) is 7.41. The van der Waals surface area contributed by atoms with Gasteiger partial charge in [-0.05, 0) is 56.7 Å². The predicted molar refractivity (Wildman–Crippen MR) is 125 cm³/mol. The summed E-state index contributed by atoms with van der Waals surface area (Å²) in [5.74, 6) is 3.43. The molecule has 1 aromatic heterocycles. The van der Waals surface area contributed by atoms with E-state index in [2.05, 4.69) is 33.4 Å². The van der Waals surface area contributed by atoms with Crippen molar-refractivity contribution in [3.63, 3.8) is 0 Å². The van der Waals surface area contributed by atoms with Crippen LogP contribution in [0.4, 0.5) is 17.6 Å². The third-order valence-electron chi connectivity index (χ3n) is 6.53. The zero-order chi connectivity index (χ0) is 20.1. The predicted octanol–water partition coefficient (Wildman–Crippen LogP) is 4.32. The summed E-state index contributed by atoms with van der Waals surface area (Å²) >= 11 is 5.58. The maximum atomic E-state index is 5.58. The van der Waals surface area contributed by atoms with Gasteiger partial charge in [-0.2, -0.15) is 9.97 Å². The van der Waals surface area contributed by atoms with E-state index >= 15 is 0 Å². The maximum Gasteiger partial charge on any atom is 0.232 e. The lowest BCUT2D eigenvalue weighted by molar-refractivity contribution is 0.444. The van der Waals surface area contributed by atoms with Gasteiger partial charge < -0.3 is 20.4 Å². The average Bonchev–Trinajstić information content (AvgIpc) is 3.06. The molecule has 1 saturated carbocycles. The molecular formula is C22H36N6S. The molecule has 3 aliphatic rings. The minimum Gasteiger partial charge on any atom is -0.360 e. The molecule has 0 aromatic carbocycles. The number of piperidine rings is 1. The molecule has 160 valence electrons. The van der Waals surface area contributed by atoms with Crippen LogP contribution in [0.2, 0.25) is 0 Å². The summed E-state index contributed by atoms with van der Waals surface area (Å²) in [6.45, 7) is 6.64. The molecule has 2 aliphatic heterocycles. The molecule has 6 nitrogen and oxygen atoms in total. The molecule has 0 spiro atoms. The van der Waals surface area contributed by atoms with Crippen molar-refractivity contribution in [3.05, 3.63) is 6.07 Å². The van der Waals surface area contributed by atoms with Gasteiger partial charge in [0.2, 0.25) is 5.95 Å². The van der Waals surface area contributed by atoms with Crippen molar-refractivity contribution in [1.29, 1.82) is 0 Å². The van der Waals surface area contributed by atoms with Crippen LogP contribution in [0.15, 0.2) is 6.07 Å². The largest absolute Gasteiger partial charge is 0.360 e. The van der Waals surface area contributed by atoms with E-state index < -0.39 is 0 Å². The van der Waals surface area contributed by atoms with Crippen LogP contribution in [0.1, 0.15) is 71.1 Å². The molecule has 1 unspecified atom stereocenters. The topological polar surface area (TPSA) is 56.3 Å². The van der Waals surface area contributed by atoms with Gasteiger partial charge >= 0.3 is 0 Å². The minimum absolute atomic E-state index is 0.492. The van der Waals surface area contributed by atoms with Crippen LogP contribution in [0.25, 0.3) is 0 Å².